The first-order chi connectivity index (χ1) is 8.40. The van der Waals surface area contributed by atoms with Gasteiger partial charge in [0.05, 0.1) is 0 Å². The van der Waals surface area contributed by atoms with Crippen molar-refractivity contribution in [3.63, 3.8) is 0 Å². The van der Waals surface area contributed by atoms with Crippen LogP contribution in [-0.2, 0) is 6.54 Å². The van der Waals surface area contributed by atoms with Crippen molar-refractivity contribution < 1.29 is 0 Å². The van der Waals surface area contributed by atoms with E-state index in [4.69, 9.17) is 5.73 Å². The van der Waals surface area contributed by atoms with Crippen LogP contribution in [0.3, 0.4) is 0 Å². The highest BCUT2D eigenvalue weighted by Gasteiger charge is 2.20. The molecule has 0 bridgehead atoms. The Balaban J connectivity index is 1.96. The van der Waals surface area contributed by atoms with E-state index in [1.807, 2.05) is 12.4 Å². The Hall–Kier alpha value is -0.930. The minimum atomic E-state index is 0.737. The molecule has 0 radical (unpaired) electrons. The lowest BCUT2D eigenvalue weighted by atomic mass is 9.94. The molecule has 0 atom stereocenters. The molecule has 0 aromatic carbocycles. The Morgan fingerprint density at radius 1 is 1.18 bits per heavy atom. The first-order valence-electron chi connectivity index (χ1n) is 6.73. The lowest BCUT2D eigenvalue weighted by molar-refractivity contribution is 0.152. The quantitative estimate of drug-likeness (QED) is 0.847. The summed E-state index contributed by atoms with van der Waals surface area (Å²) in [4.78, 5) is 6.62. The van der Waals surface area contributed by atoms with Gasteiger partial charge >= 0.3 is 0 Å². The van der Waals surface area contributed by atoms with Crippen molar-refractivity contribution in [1.82, 2.24) is 9.88 Å². The van der Waals surface area contributed by atoms with E-state index in [2.05, 4.69) is 22.0 Å². The van der Waals surface area contributed by atoms with Gasteiger partial charge in [0.15, 0.2) is 0 Å². The topological polar surface area (TPSA) is 42.1 Å². The molecule has 2 N–H and O–H groups in total. The number of aromatic nitrogens is 1. The second kappa shape index (κ2) is 6.72. The van der Waals surface area contributed by atoms with Crippen LogP contribution in [0.25, 0.3) is 0 Å². The molecule has 3 heteroatoms. The Bertz CT molecular complexity index is 307. The molecule has 1 aromatic rings. The zero-order valence-corrected chi connectivity index (χ0v) is 10.5. The summed E-state index contributed by atoms with van der Waals surface area (Å²) in [7, 11) is 0. The zero-order valence-electron chi connectivity index (χ0n) is 10.5. The van der Waals surface area contributed by atoms with Crippen molar-refractivity contribution in [2.24, 2.45) is 5.73 Å². The van der Waals surface area contributed by atoms with Gasteiger partial charge in [-0.2, -0.15) is 0 Å². The number of nitrogens with zero attached hydrogens (tertiary/aromatic N) is 2. The fraction of sp³-hybridized carbons (Fsp3) is 0.643. The van der Waals surface area contributed by atoms with Gasteiger partial charge in [-0.1, -0.05) is 19.3 Å². The molecule has 1 aromatic heterocycles. The second-order valence-corrected chi connectivity index (χ2v) is 4.91. The van der Waals surface area contributed by atoms with Gasteiger partial charge in [0.1, 0.15) is 0 Å². The fourth-order valence-electron chi connectivity index (χ4n) is 2.73. The average Bonchev–Trinajstić information content (AvgIpc) is 2.40. The Labute approximate surface area is 104 Å². The molecule has 3 nitrogen and oxygen atoms in total. The lowest BCUT2D eigenvalue weighted by Crippen LogP contribution is -2.39. The third kappa shape index (κ3) is 3.79. The first-order valence-corrected chi connectivity index (χ1v) is 6.73. The number of hydrogen-bond acceptors (Lipinski definition) is 3. The molecule has 0 spiro atoms. The molecule has 0 aliphatic heterocycles. The number of rotatable bonds is 5. The summed E-state index contributed by atoms with van der Waals surface area (Å²) in [6, 6.07) is 4.94. The van der Waals surface area contributed by atoms with Crippen LogP contribution < -0.4 is 5.73 Å². The SMILES string of the molecule is NCCN(Cc1ccncc1)C1CCCCC1. The minimum absolute atomic E-state index is 0.737. The molecule has 1 saturated carbocycles. The van der Waals surface area contributed by atoms with E-state index in [1.54, 1.807) is 0 Å². The summed E-state index contributed by atoms with van der Waals surface area (Å²) in [6.45, 7) is 2.78. The third-order valence-corrected chi connectivity index (χ3v) is 3.64. The average molecular weight is 233 g/mol. The first kappa shape index (κ1) is 12.5. The summed E-state index contributed by atoms with van der Waals surface area (Å²) >= 11 is 0. The van der Waals surface area contributed by atoms with Crippen LogP contribution in [0.4, 0.5) is 0 Å². The number of hydrogen-bond donors (Lipinski definition) is 1. The van der Waals surface area contributed by atoms with Crippen molar-refractivity contribution in [2.75, 3.05) is 13.1 Å². The Morgan fingerprint density at radius 2 is 1.88 bits per heavy atom. The van der Waals surface area contributed by atoms with Crippen LogP contribution >= 0.6 is 0 Å². The molecule has 2 rings (SSSR count). The van der Waals surface area contributed by atoms with Crippen LogP contribution in [0.5, 0.6) is 0 Å². The van der Waals surface area contributed by atoms with Gasteiger partial charge in [-0.3, -0.25) is 9.88 Å². The highest BCUT2D eigenvalue weighted by Crippen LogP contribution is 2.23. The van der Waals surface area contributed by atoms with Crippen LogP contribution in [0.1, 0.15) is 37.7 Å². The van der Waals surface area contributed by atoms with Crippen molar-refractivity contribution in [2.45, 2.75) is 44.7 Å². The van der Waals surface area contributed by atoms with E-state index in [9.17, 15) is 0 Å². The summed E-state index contributed by atoms with van der Waals surface area (Å²) in [6.07, 6.45) is 10.6. The molecule has 0 amide bonds. The van der Waals surface area contributed by atoms with Gasteiger partial charge in [-0.05, 0) is 30.5 Å². The van der Waals surface area contributed by atoms with Crippen LogP contribution in [0.15, 0.2) is 24.5 Å². The van der Waals surface area contributed by atoms with Crippen LogP contribution in [0.2, 0.25) is 0 Å². The van der Waals surface area contributed by atoms with E-state index >= 15 is 0 Å². The monoisotopic (exact) mass is 233 g/mol. The van der Waals surface area contributed by atoms with E-state index in [0.717, 1.165) is 25.7 Å². The van der Waals surface area contributed by atoms with Gasteiger partial charge in [0, 0.05) is 38.1 Å². The van der Waals surface area contributed by atoms with E-state index < -0.39 is 0 Å². The molecular formula is C14H23N3. The number of pyridine rings is 1. The second-order valence-electron chi connectivity index (χ2n) is 4.91. The normalized spacial score (nSPS) is 17.5. The Morgan fingerprint density at radius 3 is 2.53 bits per heavy atom. The van der Waals surface area contributed by atoms with Gasteiger partial charge in [0.25, 0.3) is 0 Å². The maximum Gasteiger partial charge on any atom is 0.0271 e. The third-order valence-electron chi connectivity index (χ3n) is 3.64. The van der Waals surface area contributed by atoms with Gasteiger partial charge in [-0.15, -0.1) is 0 Å². The van der Waals surface area contributed by atoms with E-state index in [0.29, 0.717) is 0 Å². The largest absolute Gasteiger partial charge is 0.329 e. The smallest absolute Gasteiger partial charge is 0.0271 e. The molecule has 0 unspecified atom stereocenters. The summed E-state index contributed by atoms with van der Waals surface area (Å²) < 4.78 is 0. The minimum Gasteiger partial charge on any atom is -0.329 e. The van der Waals surface area contributed by atoms with Crippen molar-refractivity contribution in [3.8, 4) is 0 Å². The summed E-state index contributed by atoms with van der Waals surface area (Å²) in [5.74, 6) is 0. The molecule has 1 fully saturated rings. The molecular weight excluding hydrogens is 210 g/mol. The molecule has 1 aliphatic rings. The molecule has 0 saturated heterocycles. The lowest BCUT2D eigenvalue weighted by Gasteiger charge is -2.34. The van der Waals surface area contributed by atoms with Crippen molar-refractivity contribution >= 4 is 0 Å². The van der Waals surface area contributed by atoms with Gasteiger partial charge in [0.2, 0.25) is 0 Å². The maximum atomic E-state index is 5.74. The van der Waals surface area contributed by atoms with E-state index in [-0.39, 0.29) is 0 Å². The molecule has 94 valence electrons. The Kier molecular flexibility index (Phi) is 4.95. The van der Waals surface area contributed by atoms with E-state index in [1.165, 1.54) is 37.7 Å². The van der Waals surface area contributed by atoms with Gasteiger partial charge in [-0.25, -0.2) is 0 Å². The summed E-state index contributed by atoms with van der Waals surface area (Å²) in [5, 5.41) is 0. The summed E-state index contributed by atoms with van der Waals surface area (Å²) in [5.41, 5.74) is 7.08. The number of nitrogens with two attached hydrogens (primary N) is 1. The maximum absolute atomic E-state index is 5.74. The van der Waals surface area contributed by atoms with Crippen LogP contribution in [-0.4, -0.2) is 29.0 Å². The molecule has 17 heavy (non-hydrogen) atoms. The van der Waals surface area contributed by atoms with Crippen molar-refractivity contribution in [1.29, 1.82) is 0 Å². The van der Waals surface area contributed by atoms with Gasteiger partial charge < -0.3 is 5.73 Å². The highest BCUT2D eigenvalue weighted by atomic mass is 15.2. The highest BCUT2D eigenvalue weighted by molar-refractivity contribution is 5.09. The standard InChI is InChI=1S/C14H23N3/c15-8-11-17(14-4-2-1-3-5-14)12-13-6-9-16-10-7-13/h6-7,9-10,14H,1-5,8,11-12,15H2. The predicted octanol–water partition coefficient (Wildman–Crippen LogP) is 2.17. The van der Waals surface area contributed by atoms with Crippen LogP contribution in [0, 0.1) is 0 Å². The predicted molar refractivity (Wildman–Crippen MR) is 70.6 cm³/mol. The fourth-order valence-corrected chi connectivity index (χ4v) is 2.73. The van der Waals surface area contributed by atoms with Crippen molar-refractivity contribution in [3.05, 3.63) is 30.1 Å². The molecule has 1 aliphatic carbocycles. The molecule has 1 heterocycles. The zero-order chi connectivity index (χ0) is 11.9.